The first kappa shape index (κ1) is 16.3. The number of rotatable bonds is 4. The topological polar surface area (TPSA) is 49.8 Å². The second-order valence-electron chi connectivity index (χ2n) is 5.75. The first-order valence-electron chi connectivity index (χ1n) is 7.73. The molecule has 0 saturated heterocycles. The van der Waals surface area contributed by atoms with Crippen molar-refractivity contribution in [2.45, 2.75) is 20.8 Å². The molecule has 5 heteroatoms. The molecular formula is C19H19ClN4. The molecule has 0 saturated carbocycles. The Morgan fingerprint density at radius 3 is 2.46 bits per heavy atom. The molecule has 0 amide bonds. The molecule has 1 heterocycles. The standard InChI is InChI=1S/C19H19ClN4/c1-12-6-4-7-15(10-12)22-18-11-13(2)21-19(24-18)23-17-9-5-8-16(20)14(17)3/h4-11H,1-3H3,(H2,21,22,23,24). The second kappa shape index (κ2) is 6.89. The summed E-state index contributed by atoms with van der Waals surface area (Å²) in [5.74, 6) is 1.28. The SMILES string of the molecule is Cc1cccc(Nc2cc(C)nc(Nc3cccc(Cl)c3C)n2)c1. The number of nitrogens with one attached hydrogen (secondary N) is 2. The predicted molar refractivity (Wildman–Crippen MR) is 101 cm³/mol. The smallest absolute Gasteiger partial charge is 0.229 e. The molecule has 0 spiro atoms. The van der Waals surface area contributed by atoms with Crippen LogP contribution in [-0.2, 0) is 0 Å². The fraction of sp³-hybridized carbons (Fsp3) is 0.158. The zero-order valence-corrected chi connectivity index (χ0v) is 14.6. The molecule has 0 aliphatic rings. The Morgan fingerprint density at radius 2 is 1.67 bits per heavy atom. The second-order valence-corrected chi connectivity index (χ2v) is 6.16. The monoisotopic (exact) mass is 338 g/mol. The number of halogens is 1. The molecule has 0 bridgehead atoms. The van der Waals surface area contributed by atoms with Crippen LogP contribution in [0.15, 0.2) is 48.5 Å². The fourth-order valence-electron chi connectivity index (χ4n) is 2.42. The Hall–Kier alpha value is -2.59. The van der Waals surface area contributed by atoms with Gasteiger partial charge in [0, 0.05) is 28.2 Å². The van der Waals surface area contributed by atoms with E-state index in [2.05, 4.69) is 39.7 Å². The molecule has 0 aliphatic carbocycles. The lowest BCUT2D eigenvalue weighted by Gasteiger charge is -2.12. The molecular weight excluding hydrogens is 320 g/mol. The summed E-state index contributed by atoms with van der Waals surface area (Å²) in [7, 11) is 0. The first-order valence-corrected chi connectivity index (χ1v) is 8.10. The van der Waals surface area contributed by atoms with Crippen LogP contribution in [0.1, 0.15) is 16.8 Å². The zero-order chi connectivity index (χ0) is 17.1. The summed E-state index contributed by atoms with van der Waals surface area (Å²) < 4.78 is 0. The molecule has 2 N–H and O–H groups in total. The highest BCUT2D eigenvalue weighted by molar-refractivity contribution is 6.31. The number of hydrogen-bond acceptors (Lipinski definition) is 4. The van der Waals surface area contributed by atoms with E-state index in [1.54, 1.807) is 0 Å². The minimum absolute atomic E-state index is 0.538. The van der Waals surface area contributed by atoms with Crippen LogP contribution in [-0.4, -0.2) is 9.97 Å². The highest BCUT2D eigenvalue weighted by atomic mass is 35.5. The lowest BCUT2D eigenvalue weighted by atomic mass is 10.2. The summed E-state index contributed by atoms with van der Waals surface area (Å²) in [5.41, 5.74) is 4.94. The van der Waals surface area contributed by atoms with E-state index < -0.39 is 0 Å². The van der Waals surface area contributed by atoms with Crippen molar-refractivity contribution in [2.24, 2.45) is 0 Å². The minimum atomic E-state index is 0.538. The van der Waals surface area contributed by atoms with E-state index in [4.69, 9.17) is 11.6 Å². The average molecular weight is 339 g/mol. The molecule has 4 nitrogen and oxygen atoms in total. The third-order valence-corrected chi connectivity index (χ3v) is 4.07. The van der Waals surface area contributed by atoms with Crippen molar-refractivity contribution < 1.29 is 0 Å². The highest BCUT2D eigenvalue weighted by Gasteiger charge is 2.07. The lowest BCUT2D eigenvalue weighted by molar-refractivity contribution is 1.10. The van der Waals surface area contributed by atoms with Gasteiger partial charge in [0.25, 0.3) is 0 Å². The summed E-state index contributed by atoms with van der Waals surface area (Å²) >= 11 is 6.17. The number of hydrogen-bond donors (Lipinski definition) is 2. The Labute approximate surface area is 146 Å². The largest absolute Gasteiger partial charge is 0.340 e. The highest BCUT2D eigenvalue weighted by Crippen LogP contribution is 2.26. The van der Waals surface area contributed by atoms with Crippen LogP contribution in [0.4, 0.5) is 23.1 Å². The van der Waals surface area contributed by atoms with Gasteiger partial charge in [-0.3, -0.25) is 0 Å². The third kappa shape index (κ3) is 3.84. The quantitative estimate of drug-likeness (QED) is 0.655. The molecule has 24 heavy (non-hydrogen) atoms. The van der Waals surface area contributed by atoms with Crippen molar-refractivity contribution in [2.75, 3.05) is 10.6 Å². The number of aryl methyl sites for hydroxylation is 2. The molecule has 0 atom stereocenters. The summed E-state index contributed by atoms with van der Waals surface area (Å²) in [5, 5.41) is 7.28. The van der Waals surface area contributed by atoms with E-state index in [1.807, 2.05) is 50.2 Å². The lowest BCUT2D eigenvalue weighted by Crippen LogP contribution is -2.03. The van der Waals surface area contributed by atoms with Crippen molar-refractivity contribution in [1.29, 1.82) is 0 Å². The van der Waals surface area contributed by atoms with Crippen molar-refractivity contribution >= 4 is 34.7 Å². The van der Waals surface area contributed by atoms with Crippen LogP contribution in [0.25, 0.3) is 0 Å². The number of aromatic nitrogens is 2. The van der Waals surface area contributed by atoms with Crippen LogP contribution in [0.3, 0.4) is 0 Å². The Kier molecular flexibility index (Phi) is 4.67. The average Bonchev–Trinajstić information content (AvgIpc) is 2.51. The van der Waals surface area contributed by atoms with Crippen molar-refractivity contribution in [3.8, 4) is 0 Å². The molecule has 3 rings (SSSR count). The van der Waals surface area contributed by atoms with E-state index in [9.17, 15) is 0 Å². The molecule has 0 aliphatic heterocycles. The fourth-order valence-corrected chi connectivity index (χ4v) is 2.60. The predicted octanol–water partition coefficient (Wildman–Crippen LogP) is 5.54. The summed E-state index contributed by atoms with van der Waals surface area (Å²) in [6, 6.07) is 15.8. The Bertz CT molecular complexity index is 877. The normalized spacial score (nSPS) is 10.5. The van der Waals surface area contributed by atoms with Crippen LogP contribution >= 0.6 is 11.6 Å². The first-order chi connectivity index (χ1) is 11.5. The van der Waals surface area contributed by atoms with Crippen molar-refractivity contribution in [3.05, 3.63) is 70.4 Å². The number of nitrogens with zero attached hydrogens (tertiary/aromatic N) is 2. The zero-order valence-electron chi connectivity index (χ0n) is 13.9. The van der Waals surface area contributed by atoms with Gasteiger partial charge in [-0.15, -0.1) is 0 Å². The molecule has 3 aromatic rings. The number of benzene rings is 2. The van der Waals surface area contributed by atoms with Crippen LogP contribution in [0.5, 0.6) is 0 Å². The molecule has 2 aromatic carbocycles. The van der Waals surface area contributed by atoms with Crippen LogP contribution < -0.4 is 10.6 Å². The van der Waals surface area contributed by atoms with E-state index in [1.165, 1.54) is 5.56 Å². The van der Waals surface area contributed by atoms with Gasteiger partial charge in [-0.25, -0.2) is 4.98 Å². The molecule has 0 radical (unpaired) electrons. The van der Waals surface area contributed by atoms with Gasteiger partial charge in [0.2, 0.25) is 5.95 Å². The van der Waals surface area contributed by atoms with E-state index in [0.29, 0.717) is 11.0 Å². The van der Waals surface area contributed by atoms with Crippen molar-refractivity contribution in [3.63, 3.8) is 0 Å². The van der Waals surface area contributed by atoms with Gasteiger partial charge in [-0.1, -0.05) is 29.8 Å². The molecule has 1 aromatic heterocycles. The van der Waals surface area contributed by atoms with Gasteiger partial charge in [0.05, 0.1) is 0 Å². The maximum absolute atomic E-state index is 6.17. The van der Waals surface area contributed by atoms with Gasteiger partial charge in [0.15, 0.2) is 0 Å². The van der Waals surface area contributed by atoms with E-state index >= 15 is 0 Å². The molecule has 0 unspecified atom stereocenters. The molecule has 122 valence electrons. The van der Waals surface area contributed by atoms with Gasteiger partial charge < -0.3 is 10.6 Å². The number of anilines is 4. The molecule has 0 fully saturated rings. The summed E-state index contributed by atoms with van der Waals surface area (Å²) in [6.45, 7) is 5.97. The van der Waals surface area contributed by atoms with E-state index in [0.717, 1.165) is 28.5 Å². The third-order valence-electron chi connectivity index (χ3n) is 3.66. The van der Waals surface area contributed by atoms with Gasteiger partial charge in [-0.2, -0.15) is 4.98 Å². The summed E-state index contributed by atoms with van der Waals surface area (Å²) in [4.78, 5) is 9.00. The maximum Gasteiger partial charge on any atom is 0.229 e. The van der Waals surface area contributed by atoms with Gasteiger partial charge in [-0.05, 0) is 56.2 Å². The van der Waals surface area contributed by atoms with Crippen LogP contribution in [0.2, 0.25) is 5.02 Å². The van der Waals surface area contributed by atoms with Gasteiger partial charge in [0.1, 0.15) is 5.82 Å². The Morgan fingerprint density at radius 1 is 0.875 bits per heavy atom. The minimum Gasteiger partial charge on any atom is -0.340 e. The van der Waals surface area contributed by atoms with Crippen LogP contribution in [0, 0.1) is 20.8 Å². The van der Waals surface area contributed by atoms with Gasteiger partial charge >= 0.3 is 0 Å². The van der Waals surface area contributed by atoms with Crippen molar-refractivity contribution in [1.82, 2.24) is 9.97 Å². The maximum atomic E-state index is 6.17. The van der Waals surface area contributed by atoms with E-state index in [-0.39, 0.29) is 0 Å². The summed E-state index contributed by atoms with van der Waals surface area (Å²) in [6.07, 6.45) is 0. The Balaban J connectivity index is 1.87.